The van der Waals surface area contributed by atoms with Crippen LogP contribution in [0.15, 0.2) is 24.3 Å². The van der Waals surface area contributed by atoms with E-state index >= 15 is 0 Å². The number of hydrogen-bond donors (Lipinski definition) is 2. The number of piperidine rings is 1. The number of hydrogen-bond acceptors (Lipinski definition) is 3. The second kappa shape index (κ2) is 9.26. The molecule has 1 fully saturated rings. The van der Waals surface area contributed by atoms with Gasteiger partial charge in [-0.25, -0.2) is 0 Å². The standard InChI is InChI=1S/C18H29N3O.ClH/c1-13(2)15-4-6-17(7-5-15)20-18(22)12-21-10-8-16(9-11-21)14(3)19;/h4-7,13-14,16H,8-12,19H2,1-3H3,(H,20,22);1H. The molecule has 1 saturated heterocycles. The van der Waals surface area contributed by atoms with E-state index < -0.39 is 0 Å². The first-order valence-corrected chi connectivity index (χ1v) is 8.33. The lowest BCUT2D eigenvalue weighted by Crippen LogP contribution is -2.42. The van der Waals surface area contributed by atoms with Gasteiger partial charge in [0.2, 0.25) is 5.91 Å². The largest absolute Gasteiger partial charge is 0.328 e. The molecule has 1 aromatic rings. The summed E-state index contributed by atoms with van der Waals surface area (Å²) in [4.78, 5) is 14.4. The lowest BCUT2D eigenvalue weighted by atomic mass is 9.91. The minimum absolute atomic E-state index is 0. The highest BCUT2D eigenvalue weighted by Crippen LogP contribution is 2.20. The van der Waals surface area contributed by atoms with E-state index in [1.165, 1.54) is 5.56 Å². The van der Waals surface area contributed by atoms with Gasteiger partial charge in [-0.2, -0.15) is 0 Å². The highest BCUT2D eigenvalue weighted by atomic mass is 35.5. The Balaban J connectivity index is 0.00000264. The average Bonchev–Trinajstić information content (AvgIpc) is 2.48. The molecule has 0 aliphatic carbocycles. The van der Waals surface area contributed by atoms with Crippen LogP contribution in [0, 0.1) is 5.92 Å². The minimum atomic E-state index is 0. The minimum Gasteiger partial charge on any atom is -0.328 e. The van der Waals surface area contributed by atoms with Crippen LogP contribution in [0.25, 0.3) is 0 Å². The third kappa shape index (κ3) is 6.13. The molecule has 1 atom stereocenters. The summed E-state index contributed by atoms with van der Waals surface area (Å²) in [5.74, 6) is 1.18. The van der Waals surface area contributed by atoms with Crippen LogP contribution < -0.4 is 11.1 Å². The van der Waals surface area contributed by atoms with Crippen LogP contribution in [0.3, 0.4) is 0 Å². The van der Waals surface area contributed by atoms with Crippen molar-refractivity contribution in [3.05, 3.63) is 29.8 Å². The normalized spacial score (nSPS) is 17.6. The summed E-state index contributed by atoms with van der Waals surface area (Å²) in [5.41, 5.74) is 8.11. The fraction of sp³-hybridized carbons (Fsp3) is 0.611. The summed E-state index contributed by atoms with van der Waals surface area (Å²) in [6.07, 6.45) is 2.18. The highest BCUT2D eigenvalue weighted by molar-refractivity contribution is 5.92. The molecule has 1 aliphatic heterocycles. The Hall–Kier alpha value is -1.10. The van der Waals surface area contributed by atoms with Crippen LogP contribution in [0.2, 0.25) is 0 Å². The van der Waals surface area contributed by atoms with Crippen molar-refractivity contribution in [3.63, 3.8) is 0 Å². The van der Waals surface area contributed by atoms with E-state index in [2.05, 4.69) is 43.1 Å². The van der Waals surface area contributed by atoms with E-state index in [0.29, 0.717) is 18.4 Å². The van der Waals surface area contributed by atoms with Crippen LogP contribution in [-0.4, -0.2) is 36.5 Å². The Morgan fingerprint density at radius 2 is 1.78 bits per heavy atom. The summed E-state index contributed by atoms with van der Waals surface area (Å²) >= 11 is 0. The maximum atomic E-state index is 12.1. The fourth-order valence-electron chi connectivity index (χ4n) is 2.99. The van der Waals surface area contributed by atoms with Gasteiger partial charge in [-0.15, -0.1) is 12.4 Å². The van der Waals surface area contributed by atoms with Crippen LogP contribution in [0.4, 0.5) is 5.69 Å². The summed E-state index contributed by atoms with van der Waals surface area (Å²) < 4.78 is 0. The summed E-state index contributed by atoms with van der Waals surface area (Å²) in [6, 6.07) is 8.38. The molecule has 0 bridgehead atoms. The molecule has 1 amide bonds. The first kappa shape index (κ1) is 19.9. The zero-order valence-corrected chi connectivity index (χ0v) is 15.2. The van der Waals surface area contributed by atoms with Gasteiger partial charge in [-0.05, 0) is 62.4 Å². The van der Waals surface area contributed by atoms with Gasteiger partial charge < -0.3 is 11.1 Å². The van der Waals surface area contributed by atoms with Gasteiger partial charge in [0.05, 0.1) is 6.54 Å². The van der Waals surface area contributed by atoms with Crippen LogP contribution in [-0.2, 0) is 4.79 Å². The quantitative estimate of drug-likeness (QED) is 0.865. The molecule has 1 heterocycles. The number of amides is 1. The number of anilines is 1. The Labute approximate surface area is 146 Å². The maximum absolute atomic E-state index is 12.1. The maximum Gasteiger partial charge on any atom is 0.238 e. The third-order valence-electron chi connectivity index (χ3n) is 4.60. The van der Waals surface area contributed by atoms with Crippen molar-refractivity contribution >= 4 is 24.0 Å². The zero-order valence-electron chi connectivity index (χ0n) is 14.4. The average molecular weight is 340 g/mol. The molecule has 2 rings (SSSR count). The number of carbonyl (C=O) groups is 1. The number of nitrogens with zero attached hydrogens (tertiary/aromatic N) is 1. The Morgan fingerprint density at radius 1 is 1.22 bits per heavy atom. The molecule has 23 heavy (non-hydrogen) atoms. The molecule has 0 radical (unpaired) electrons. The Morgan fingerprint density at radius 3 is 2.26 bits per heavy atom. The van der Waals surface area contributed by atoms with Crippen molar-refractivity contribution in [2.75, 3.05) is 25.0 Å². The van der Waals surface area contributed by atoms with Crippen molar-refractivity contribution in [3.8, 4) is 0 Å². The Bertz CT molecular complexity index is 480. The fourth-order valence-corrected chi connectivity index (χ4v) is 2.99. The first-order chi connectivity index (χ1) is 10.5. The van der Waals surface area contributed by atoms with Crippen LogP contribution in [0.5, 0.6) is 0 Å². The number of carbonyl (C=O) groups excluding carboxylic acids is 1. The van der Waals surface area contributed by atoms with E-state index in [-0.39, 0.29) is 24.4 Å². The van der Waals surface area contributed by atoms with Crippen molar-refractivity contribution in [2.45, 2.75) is 45.6 Å². The molecule has 1 unspecified atom stereocenters. The van der Waals surface area contributed by atoms with E-state index in [1.807, 2.05) is 12.1 Å². The molecule has 0 aromatic heterocycles. The third-order valence-corrected chi connectivity index (χ3v) is 4.60. The van der Waals surface area contributed by atoms with Crippen LogP contribution >= 0.6 is 12.4 Å². The second-order valence-electron chi connectivity index (χ2n) is 6.80. The summed E-state index contributed by atoms with van der Waals surface area (Å²) in [7, 11) is 0. The lowest BCUT2D eigenvalue weighted by Gasteiger charge is -2.33. The van der Waals surface area contributed by atoms with Gasteiger partial charge in [0.25, 0.3) is 0 Å². The predicted molar refractivity (Wildman–Crippen MR) is 99.2 cm³/mol. The first-order valence-electron chi connectivity index (χ1n) is 8.33. The number of likely N-dealkylation sites (tertiary alicyclic amines) is 1. The Kier molecular flexibility index (Phi) is 8.03. The van der Waals surface area contributed by atoms with Gasteiger partial charge in [0, 0.05) is 11.7 Å². The van der Waals surface area contributed by atoms with Crippen LogP contribution in [0.1, 0.15) is 45.1 Å². The summed E-state index contributed by atoms with van der Waals surface area (Å²) in [6.45, 7) is 8.81. The van der Waals surface area contributed by atoms with Gasteiger partial charge in [-0.3, -0.25) is 9.69 Å². The smallest absolute Gasteiger partial charge is 0.238 e. The van der Waals surface area contributed by atoms with Crippen molar-refractivity contribution in [2.24, 2.45) is 11.7 Å². The molecule has 1 aliphatic rings. The van der Waals surface area contributed by atoms with E-state index in [1.54, 1.807) is 0 Å². The van der Waals surface area contributed by atoms with Gasteiger partial charge >= 0.3 is 0 Å². The molecule has 0 saturated carbocycles. The number of benzene rings is 1. The molecule has 4 nitrogen and oxygen atoms in total. The predicted octanol–water partition coefficient (Wildman–Crippen LogP) is 3.23. The molecule has 3 N–H and O–H groups in total. The number of halogens is 1. The molecule has 0 spiro atoms. The van der Waals surface area contributed by atoms with Gasteiger partial charge in [0.15, 0.2) is 0 Å². The highest BCUT2D eigenvalue weighted by Gasteiger charge is 2.22. The SMILES string of the molecule is CC(C)c1ccc(NC(=O)CN2CCC(C(C)N)CC2)cc1.Cl. The number of nitrogens with two attached hydrogens (primary N) is 1. The topological polar surface area (TPSA) is 58.4 Å². The number of nitrogens with one attached hydrogen (secondary N) is 1. The van der Waals surface area contributed by atoms with E-state index in [0.717, 1.165) is 31.6 Å². The zero-order chi connectivity index (χ0) is 16.1. The molecule has 5 heteroatoms. The van der Waals surface area contributed by atoms with Crippen molar-refractivity contribution in [1.82, 2.24) is 4.90 Å². The van der Waals surface area contributed by atoms with Gasteiger partial charge in [0.1, 0.15) is 0 Å². The monoisotopic (exact) mass is 339 g/mol. The van der Waals surface area contributed by atoms with E-state index in [9.17, 15) is 4.79 Å². The van der Waals surface area contributed by atoms with Gasteiger partial charge in [-0.1, -0.05) is 26.0 Å². The van der Waals surface area contributed by atoms with E-state index in [4.69, 9.17) is 5.73 Å². The molecular weight excluding hydrogens is 310 g/mol. The number of rotatable bonds is 5. The molecule has 130 valence electrons. The lowest BCUT2D eigenvalue weighted by molar-refractivity contribution is -0.117. The second-order valence-corrected chi connectivity index (χ2v) is 6.80. The molecule has 1 aromatic carbocycles. The van der Waals surface area contributed by atoms with Crippen molar-refractivity contribution < 1.29 is 4.79 Å². The molecular formula is C18H30ClN3O. The summed E-state index contributed by atoms with van der Waals surface area (Å²) in [5, 5.41) is 2.98. The van der Waals surface area contributed by atoms with Crippen molar-refractivity contribution in [1.29, 1.82) is 0 Å².